The molecule has 1 amide bonds. The molecule has 0 aliphatic rings. The molecule has 0 unspecified atom stereocenters. The number of aryl methyl sites for hydroxylation is 1. The first kappa shape index (κ1) is 15.0. The van der Waals surface area contributed by atoms with Crippen LogP contribution in [0.15, 0.2) is 54.9 Å². The average molecular weight is 333 g/mol. The van der Waals surface area contributed by atoms with Crippen LogP contribution in [0.1, 0.15) is 5.82 Å². The second-order valence-corrected chi connectivity index (χ2v) is 5.59. The van der Waals surface area contributed by atoms with E-state index < -0.39 is 0 Å². The zero-order chi connectivity index (χ0) is 17.2. The first-order valence-corrected chi connectivity index (χ1v) is 7.76. The third kappa shape index (κ3) is 2.97. The maximum Gasteiger partial charge on any atom is 0.246 e. The van der Waals surface area contributed by atoms with Gasteiger partial charge in [0.25, 0.3) is 0 Å². The van der Waals surface area contributed by atoms with Crippen LogP contribution in [0.25, 0.3) is 16.7 Å². The van der Waals surface area contributed by atoms with Gasteiger partial charge < -0.3 is 5.32 Å². The molecule has 0 saturated heterocycles. The van der Waals surface area contributed by atoms with Crippen molar-refractivity contribution in [2.45, 2.75) is 13.5 Å². The summed E-state index contributed by atoms with van der Waals surface area (Å²) in [5.41, 5.74) is 3.55. The molecule has 8 nitrogen and oxygen atoms in total. The molecule has 0 radical (unpaired) electrons. The number of nitrogens with one attached hydrogen (secondary N) is 1. The van der Waals surface area contributed by atoms with Crippen LogP contribution < -0.4 is 5.32 Å². The van der Waals surface area contributed by atoms with Gasteiger partial charge >= 0.3 is 0 Å². The molecule has 0 fully saturated rings. The number of amides is 1. The van der Waals surface area contributed by atoms with Gasteiger partial charge in [0.1, 0.15) is 18.7 Å². The Morgan fingerprint density at radius 2 is 2.00 bits per heavy atom. The molecule has 25 heavy (non-hydrogen) atoms. The van der Waals surface area contributed by atoms with Crippen molar-refractivity contribution < 1.29 is 4.79 Å². The number of imidazole rings is 1. The predicted octanol–water partition coefficient (Wildman–Crippen LogP) is 1.96. The molecule has 8 heteroatoms. The van der Waals surface area contributed by atoms with Crippen molar-refractivity contribution in [2.24, 2.45) is 0 Å². The molecule has 2 aromatic carbocycles. The SMILES string of the molecule is Cc1nc2cc(NC(=O)Cn3cnnn3)ccc2n1-c1ccccc1. The Hall–Kier alpha value is -3.55. The van der Waals surface area contributed by atoms with Crippen LogP contribution >= 0.6 is 0 Å². The molecule has 124 valence electrons. The maximum absolute atomic E-state index is 12.1. The standard InChI is InChI=1S/C17H15N7O/c1-12-19-15-9-13(20-17(25)10-23-11-18-21-22-23)7-8-16(15)24(12)14-5-3-2-4-6-14/h2-9,11H,10H2,1H3,(H,20,25). The summed E-state index contributed by atoms with van der Waals surface area (Å²) in [6.07, 6.45) is 1.40. The topological polar surface area (TPSA) is 90.5 Å². The lowest BCUT2D eigenvalue weighted by atomic mass is 10.2. The Labute approximate surface area is 143 Å². The van der Waals surface area contributed by atoms with Gasteiger partial charge in [0.15, 0.2) is 0 Å². The second kappa shape index (κ2) is 6.16. The molecule has 1 N–H and O–H groups in total. The third-order valence-electron chi connectivity index (χ3n) is 3.82. The van der Waals surface area contributed by atoms with E-state index >= 15 is 0 Å². The van der Waals surface area contributed by atoms with E-state index in [0.717, 1.165) is 22.5 Å². The number of carbonyl (C=O) groups is 1. The van der Waals surface area contributed by atoms with Gasteiger partial charge in [0.2, 0.25) is 5.91 Å². The van der Waals surface area contributed by atoms with Gasteiger partial charge in [-0.3, -0.25) is 9.36 Å². The highest BCUT2D eigenvalue weighted by Crippen LogP contribution is 2.24. The fourth-order valence-corrected chi connectivity index (χ4v) is 2.78. The van der Waals surface area contributed by atoms with E-state index in [0.29, 0.717) is 5.69 Å². The molecular formula is C17H15N7O. The number of aromatic nitrogens is 6. The summed E-state index contributed by atoms with van der Waals surface area (Å²) in [5.74, 6) is 0.684. The van der Waals surface area contributed by atoms with Gasteiger partial charge in [-0.05, 0) is 47.7 Å². The van der Waals surface area contributed by atoms with E-state index in [4.69, 9.17) is 0 Å². The highest BCUT2D eigenvalue weighted by atomic mass is 16.2. The zero-order valence-electron chi connectivity index (χ0n) is 13.5. The van der Waals surface area contributed by atoms with Crippen molar-refractivity contribution in [3.05, 3.63) is 60.7 Å². The number of benzene rings is 2. The monoisotopic (exact) mass is 333 g/mol. The lowest BCUT2D eigenvalue weighted by molar-refractivity contribution is -0.116. The number of tetrazole rings is 1. The molecule has 0 bridgehead atoms. The number of carbonyl (C=O) groups excluding carboxylic acids is 1. The van der Waals surface area contributed by atoms with E-state index in [1.54, 1.807) is 0 Å². The molecule has 0 saturated carbocycles. The summed E-state index contributed by atoms with van der Waals surface area (Å²) in [4.78, 5) is 16.7. The fraction of sp³-hybridized carbons (Fsp3) is 0.118. The Morgan fingerprint density at radius 3 is 2.76 bits per heavy atom. The largest absolute Gasteiger partial charge is 0.324 e. The summed E-state index contributed by atoms with van der Waals surface area (Å²) in [5, 5.41) is 13.5. The summed E-state index contributed by atoms with van der Waals surface area (Å²) >= 11 is 0. The lowest BCUT2D eigenvalue weighted by Gasteiger charge is -2.07. The number of hydrogen-bond donors (Lipinski definition) is 1. The molecular weight excluding hydrogens is 318 g/mol. The smallest absolute Gasteiger partial charge is 0.246 e. The summed E-state index contributed by atoms with van der Waals surface area (Å²) < 4.78 is 3.45. The van der Waals surface area contributed by atoms with E-state index in [1.807, 2.05) is 55.5 Å². The fourth-order valence-electron chi connectivity index (χ4n) is 2.78. The molecule has 0 spiro atoms. The van der Waals surface area contributed by atoms with Crippen LogP contribution in [0, 0.1) is 6.92 Å². The highest BCUT2D eigenvalue weighted by Gasteiger charge is 2.11. The first-order valence-electron chi connectivity index (χ1n) is 7.76. The second-order valence-electron chi connectivity index (χ2n) is 5.59. The van der Waals surface area contributed by atoms with E-state index in [-0.39, 0.29) is 12.5 Å². The van der Waals surface area contributed by atoms with Crippen molar-refractivity contribution in [3.63, 3.8) is 0 Å². The molecule has 0 atom stereocenters. The minimum atomic E-state index is -0.203. The van der Waals surface area contributed by atoms with E-state index in [9.17, 15) is 4.79 Å². The van der Waals surface area contributed by atoms with Crippen molar-refractivity contribution in [2.75, 3.05) is 5.32 Å². The van der Waals surface area contributed by atoms with E-state index in [1.165, 1.54) is 11.0 Å². The van der Waals surface area contributed by atoms with Gasteiger partial charge in [0.05, 0.1) is 11.0 Å². The van der Waals surface area contributed by atoms with E-state index in [2.05, 4.69) is 30.4 Å². The molecule has 4 aromatic rings. The maximum atomic E-state index is 12.1. The van der Waals surface area contributed by atoms with Crippen LogP contribution in [0.4, 0.5) is 5.69 Å². The number of rotatable bonds is 4. The molecule has 0 aliphatic carbocycles. The normalized spacial score (nSPS) is 10.9. The Bertz CT molecular complexity index is 1020. The number of hydrogen-bond acceptors (Lipinski definition) is 5. The highest BCUT2D eigenvalue weighted by molar-refractivity contribution is 5.93. The number of anilines is 1. The number of para-hydroxylation sites is 1. The van der Waals surface area contributed by atoms with Crippen molar-refractivity contribution in [3.8, 4) is 5.69 Å². The lowest BCUT2D eigenvalue weighted by Crippen LogP contribution is -2.19. The quantitative estimate of drug-likeness (QED) is 0.616. The van der Waals surface area contributed by atoms with Crippen LogP contribution in [0.2, 0.25) is 0 Å². The minimum absolute atomic E-state index is 0.0581. The van der Waals surface area contributed by atoms with Crippen LogP contribution in [-0.4, -0.2) is 35.7 Å². The van der Waals surface area contributed by atoms with Gasteiger partial charge in [-0.1, -0.05) is 18.2 Å². The Balaban J connectivity index is 1.62. The zero-order valence-corrected chi connectivity index (χ0v) is 13.5. The minimum Gasteiger partial charge on any atom is -0.324 e. The Kier molecular flexibility index (Phi) is 3.70. The number of nitrogens with zero attached hydrogens (tertiary/aromatic N) is 6. The molecule has 2 aromatic heterocycles. The third-order valence-corrected chi connectivity index (χ3v) is 3.82. The molecule has 4 rings (SSSR count). The Morgan fingerprint density at radius 1 is 1.16 bits per heavy atom. The van der Waals surface area contributed by atoms with Crippen LogP contribution in [-0.2, 0) is 11.3 Å². The van der Waals surface area contributed by atoms with Crippen LogP contribution in [0.5, 0.6) is 0 Å². The number of fused-ring (bicyclic) bond motifs is 1. The first-order chi connectivity index (χ1) is 12.2. The van der Waals surface area contributed by atoms with Gasteiger partial charge in [-0.2, -0.15) is 0 Å². The van der Waals surface area contributed by atoms with Crippen molar-refractivity contribution >= 4 is 22.6 Å². The average Bonchev–Trinajstić information content (AvgIpc) is 3.21. The molecule has 2 heterocycles. The summed E-state index contributed by atoms with van der Waals surface area (Å²) in [6.45, 7) is 2.02. The van der Waals surface area contributed by atoms with Gasteiger partial charge in [0, 0.05) is 11.4 Å². The van der Waals surface area contributed by atoms with Gasteiger partial charge in [-0.25, -0.2) is 9.67 Å². The van der Waals surface area contributed by atoms with Gasteiger partial charge in [-0.15, -0.1) is 5.10 Å². The van der Waals surface area contributed by atoms with Crippen molar-refractivity contribution in [1.82, 2.24) is 29.8 Å². The molecule has 0 aliphatic heterocycles. The predicted molar refractivity (Wildman–Crippen MR) is 92.3 cm³/mol. The van der Waals surface area contributed by atoms with Crippen molar-refractivity contribution in [1.29, 1.82) is 0 Å². The van der Waals surface area contributed by atoms with Crippen LogP contribution in [0.3, 0.4) is 0 Å². The summed E-state index contributed by atoms with van der Waals surface area (Å²) in [7, 11) is 0. The summed E-state index contributed by atoms with van der Waals surface area (Å²) in [6, 6.07) is 15.7.